The van der Waals surface area contributed by atoms with Crippen LogP contribution in [0, 0.1) is 38.9 Å². The van der Waals surface area contributed by atoms with Crippen molar-refractivity contribution in [2.24, 2.45) is 21.2 Å². The Morgan fingerprint density at radius 2 is 1.39 bits per heavy atom. The molecule has 3 fully saturated rings. The normalized spacial score (nSPS) is 29.2. The first-order chi connectivity index (χ1) is 17.5. The number of anilines is 2. The largest absolute Gasteiger partial charge is 0.367 e. The average Bonchev–Trinajstić information content (AvgIpc) is 2.94. The van der Waals surface area contributed by atoms with E-state index in [1.54, 1.807) is 0 Å². The number of hydrogen-bond donors (Lipinski definition) is 0. The van der Waals surface area contributed by atoms with Crippen LogP contribution in [-0.4, -0.2) is 67.2 Å². The summed E-state index contributed by atoms with van der Waals surface area (Å²) < 4.78 is 0. The molecule has 3 saturated heterocycles. The van der Waals surface area contributed by atoms with Gasteiger partial charge in [-0.3, -0.25) is 0 Å². The molecule has 2 bridgehead atoms. The standard InChI is InChI=1S/C28H29N7S/c1-32-14-12-28(13-15-32)26(16-29)18-33(22-8-4-2-5-9-22)19-27(28,17-30)25(36)35-21-34(20-31-24(26)35)23-10-6-3-7-11-23/h2-11H,12-15,18-21H2,1H3. The van der Waals surface area contributed by atoms with Crippen LogP contribution < -0.4 is 9.80 Å². The Hall–Kier alpha value is -3.46. The lowest BCUT2D eigenvalue weighted by Gasteiger charge is -2.68. The Labute approximate surface area is 217 Å². The molecule has 6 rings (SSSR count). The van der Waals surface area contributed by atoms with Crippen molar-refractivity contribution >= 4 is 34.4 Å². The van der Waals surface area contributed by atoms with Gasteiger partial charge in [0, 0.05) is 29.9 Å². The fraction of sp³-hybridized carbons (Fsp3) is 0.429. The van der Waals surface area contributed by atoms with Gasteiger partial charge in [0.15, 0.2) is 0 Å². The number of rotatable bonds is 2. The lowest BCUT2D eigenvalue weighted by molar-refractivity contribution is -0.0395. The Morgan fingerprint density at radius 1 is 0.833 bits per heavy atom. The van der Waals surface area contributed by atoms with Crippen molar-refractivity contribution in [2.45, 2.75) is 12.8 Å². The van der Waals surface area contributed by atoms with Gasteiger partial charge in [0.25, 0.3) is 0 Å². The number of piperidine rings is 3. The molecule has 7 nitrogen and oxygen atoms in total. The number of nitrogens with zero attached hydrogens (tertiary/aromatic N) is 7. The molecule has 8 heteroatoms. The second kappa shape index (κ2) is 8.30. The number of nitriles is 2. The van der Waals surface area contributed by atoms with Crippen molar-refractivity contribution in [1.29, 1.82) is 10.5 Å². The predicted molar refractivity (Wildman–Crippen MR) is 144 cm³/mol. The molecular weight excluding hydrogens is 466 g/mol. The molecule has 36 heavy (non-hydrogen) atoms. The Balaban J connectivity index is 1.54. The fourth-order valence-electron chi connectivity index (χ4n) is 6.99. The summed E-state index contributed by atoms with van der Waals surface area (Å²) >= 11 is 6.25. The van der Waals surface area contributed by atoms with Gasteiger partial charge in [-0.1, -0.05) is 48.6 Å². The molecule has 0 aliphatic carbocycles. The van der Waals surface area contributed by atoms with E-state index < -0.39 is 16.2 Å². The number of fused-ring (bicyclic) bond motifs is 2. The van der Waals surface area contributed by atoms with Crippen LogP contribution in [0.15, 0.2) is 65.7 Å². The van der Waals surface area contributed by atoms with E-state index in [2.05, 4.69) is 58.2 Å². The summed E-state index contributed by atoms with van der Waals surface area (Å²) in [6.07, 6.45) is 1.51. The second-order valence-corrected chi connectivity index (χ2v) is 10.9. The first kappa shape index (κ1) is 23.0. The maximum absolute atomic E-state index is 11.1. The zero-order chi connectivity index (χ0) is 25.0. The van der Waals surface area contributed by atoms with Crippen LogP contribution in [0.25, 0.3) is 0 Å². The minimum atomic E-state index is -0.980. The number of likely N-dealkylation sites (tertiary alicyclic amines) is 1. The summed E-state index contributed by atoms with van der Waals surface area (Å²) in [7, 11) is 2.11. The smallest absolute Gasteiger partial charge is 0.140 e. The molecule has 2 atom stereocenters. The molecule has 0 aromatic heterocycles. The number of para-hydroxylation sites is 2. The quantitative estimate of drug-likeness (QED) is 0.588. The van der Waals surface area contributed by atoms with Gasteiger partial charge in [-0.25, -0.2) is 4.99 Å². The van der Waals surface area contributed by atoms with Crippen LogP contribution in [0.4, 0.5) is 11.4 Å². The SMILES string of the molecule is CN1CCC2(CC1)C1(C#N)CN(c3ccccc3)CC2(C#N)C2=NCN(c3ccccc3)CN2C1=S. The Morgan fingerprint density at radius 3 is 1.97 bits per heavy atom. The fourth-order valence-corrected chi connectivity index (χ4v) is 7.44. The number of amidine groups is 1. The Kier molecular flexibility index (Phi) is 5.29. The van der Waals surface area contributed by atoms with E-state index in [9.17, 15) is 10.5 Å². The van der Waals surface area contributed by atoms with Crippen molar-refractivity contribution in [3.05, 3.63) is 60.7 Å². The predicted octanol–water partition coefficient (Wildman–Crippen LogP) is 3.72. The summed E-state index contributed by atoms with van der Waals surface area (Å²) in [6, 6.07) is 25.8. The third-order valence-corrected chi connectivity index (χ3v) is 9.47. The first-order valence-corrected chi connectivity index (χ1v) is 12.9. The average molecular weight is 496 g/mol. The van der Waals surface area contributed by atoms with E-state index in [-0.39, 0.29) is 0 Å². The van der Waals surface area contributed by atoms with Crippen molar-refractivity contribution in [2.75, 3.05) is 56.4 Å². The highest BCUT2D eigenvalue weighted by molar-refractivity contribution is 7.80. The molecule has 4 aliphatic heterocycles. The van der Waals surface area contributed by atoms with E-state index >= 15 is 0 Å². The van der Waals surface area contributed by atoms with Crippen LogP contribution in [0.3, 0.4) is 0 Å². The van der Waals surface area contributed by atoms with Crippen molar-refractivity contribution in [1.82, 2.24) is 9.80 Å². The van der Waals surface area contributed by atoms with Crippen molar-refractivity contribution in [3.63, 3.8) is 0 Å². The molecule has 0 radical (unpaired) electrons. The zero-order valence-electron chi connectivity index (χ0n) is 20.5. The molecule has 1 spiro atoms. The Bertz CT molecular complexity index is 1290. The highest BCUT2D eigenvalue weighted by atomic mass is 32.1. The van der Waals surface area contributed by atoms with Crippen LogP contribution in [-0.2, 0) is 0 Å². The van der Waals surface area contributed by atoms with Crippen LogP contribution in [0.1, 0.15) is 12.8 Å². The second-order valence-electron chi connectivity index (χ2n) is 10.5. The lowest BCUT2D eigenvalue weighted by atomic mass is 9.43. The number of thiocarbonyl (C=S) groups is 1. The third-order valence-electron chi connectivity index (χ3n) is 8.91. The summed E-state index contributed by atoms with van der Waals surface area (Å²) in [5.41, 5.74) is -0.438. The molecule has 2 aromatic carbocycles. The van der Waals surface area contributed by atoms with E-state index in [0.717, 1.165) is 43.1 Å². The molecule has 0 amide bonds. The van der Waals surface area contributed by atoms with Gasteiger partial charge < -0.3 is 19.6 Å². The maximum atomic E-state index is 11.1. The van der Waals surface area contributed by atoms with Crippen LogP contribution >= 0.6 is 12.2 Å². The number of hydrogen-bond acceptors (Lipinski definition) is 7. The molecule has 0 N–H and O–H groups in total. The minimum Gasteiger partial charge on any atom is -0.367 e. The van der Waals surface area contributed by atoms with Gasteiger partial charge in [-0.2, -0.15) is 10.5 Å². The maximum Gasteiger partial charge on any atom is 0.140 e. The summed E-state index contributed by atoms with van der Waals surface area (Å²) in [5.74, 6) is 0.748. The number of benzene rings is 2. The van der Waals surface area contributed by atoms with E-state index in [1.165, 1.54) is 0 Å². The molecule has 2 unspecified atom stereocenters. The van der Waals surface area contributed by atoms with Crippen molar-refractivity contribution < 1.29 is 0 Å². The number of aliphatic imine (C=N–C) groups is 1. The van der Waals surface area contributed by atoms with Crippen LogP contribution in [0.5, 0.6) is 0 Å². The molecule has 0 saturated carbocycles. The van der Waals surface area contributed by atoms with E-state index in [1.807, 2.05) is 41.3 Å². The van der Waals surface area contributed by atoms with Gasteiger partial charge in [0.2, 0.25) is 0 Å². The van der Waals surface area contributed by atoms with Gasteiger partial charge >= 0.3 is 0 Å². The minimum absolute atomic E-state index is 0.461. The summed E-state index contributed by atoms with van der Waals surface area (Å²) in [5, 5.41) is 22.1. The van der Waals surface area contributed by atoms with Gasteiger partial charge in [0.1, 0.15) is 28.3 Å². The molecule has 4 aliphatic rings. The lowest BCUT2D eigenvalue weighted by Crippen LogP contribution is -2.80. The van der Waals surface area contributed by atoms with Crippen LogP contribution in [0.2, 0.25) is 0 Å². The third kappa shape index (κ3) is 2.92. The van der Waals surface area contributed by atoms with E-state index in [4.69, 9.17) is 17.2 Å². The zero-order valence-corrected chi connectivity index (χ0v) is 21.3. The molecule has 4 heterocycles. The molecule has 2 aromatic rings. The highest BCUT2D eigenvalue weighted by Gasteiger charge is 2.76. The monoisotopic (exact) mass is 495 g/mol. The van der Waals surface area contributed by atoms with Gasteiger partial charge in [-0.15, -0.1) is 0 Å². The molecular formula is C28H29N7S. The molecule has 182 valence electrons. The van der Waals surface area contributed by atoms with Crippen molar-refractivity contribution in [3.8, 4) is 12.1 Å². The van der Waals surface area contributed by atoms with Gasteiger partial charge in [0.05, 0.1) is 18.8 Å². The van der Waals surface area contributed by atoms with E-state index in [0.29, 0.717) is 31.4 Å². The van der Waals surface area contributed by atoms with Gasteiger partial charge in [-0.05, 0) is 57.2 Å². The topological polar surface area (TPSA) is 72.9 Å². The summed E-state index contributed by atoms with van der Waals surface area (Å²) in [6.45, 7) is 3.62. The summed E-state index contributed by atoms with van der Waals surface area (Å²) in [4.78, 5) is 14.4. The first-order valence-electron chi connectivity index (χ1n) is 12.5. The highest BCUT2D eigenvalue weighted by Crippen LogP contribution is 2.66.